The molecule has 0 heterocycles. The Bertz CT molecular complexity index is 377. The van der Waals surface area contributed by atoms with Gasteiger partial charge in [-0.05, 0) is 39.0 Å². The summed E-state index contributed by atoms with van der Waals surface area (Å²) in [5.74, 6) is 0.574. The molecule has 0 aliphatic carbocycles. The van der Waals surface area contributed by atoms with Gasteiger partial charge in [-0.3, -0.25) is 4.79 Å². The summed E-state index contributed by atoms with van der Waals surface area (Å²) in [5, 5.41) is 2.81. The average molecular weight is 236 g/mol. The monoisotopic (exact) mass is 236 g/mol. The molecule has 3 N–H and O–H groups in total. The molecule has 0 saturated heterocycles. The van der Waals surface area contributed by atoms with Gasteiger partial charge in [0, 0.05) is 18.2 Å². The zero-order valence-electron chi connectivity index (χ0n) is 10.6. The number of carbonyl (C=O) groups excluding carboxylic acids is 1. The molecular formula is C13H20N2O2. The molecule has 0 aliphatic rings. The van der Waals surface area contributed by atoms with Crippen molar-refractivity contribution in [2.24, 2.45) is 5.73 Å². The number of hydrogen-bond donors (Lipinski definition) is 2. The molecule has 4 nitrogen and oxygen atoms in total. The average Bonchev–Trinajstić information content (AvgIpc) is 2.28. The van der Waals surface area contributed by atoms with Crippen molar-refractivity contribution in [1.82, 2.24) is 5.32 Å². The minimum atomic E-state index is -0.128. The van der Waals surface area contributed by atoms with Crippen molar-refractivity contribution < 1.29 is 9.53 Å². The third-order valence-corrected chi connectivity index (χ3v) is 2.20. The second kappa shape index (κ2) is 6.25. The first-order chi connectivity index (χ1) is 8.02. The molecule has 1 aromatic carbocycles. The Morgan fingerprint density at radius 2 is 2.12 bits per heavy atom. The number of ether oxygens (including phenoxy) is 1. The predicted octanol–water partition coefficient (Wildman–Crippen LogP) is 1.55. The van der Waals surface area contributed by atoms with Gasteiger partial charge in [0.25, 0.3) is 5.91 Å². The summed E-state index contributed by atoms with van der Waals surface area (Å²) in [7, 11) is 0. The van der Waals surface area contributed by atoms with Crippen LogP contribution in [0.15, 0.2) is 24.3 Å². The zero-order valence-corrected chi connectivity index (χ0v) is 10.6. The molecule has 1 aromatic rings. The number of nitrogens with two attached hydrogens (primary N) is 1. The highest BCUT2D eigenvalue weighted by molar-refractivity contribution is 5.94. The fraction of sp³-hybridized carbons (Fsp3) is 0.462. The molecule has 1 atom stereocenters. The third-order valence-electron chi connectivity index (χ3n) is 2.20. The predicted molar refractivity (Wildman–Crippen MR) is 68.2 cm³/mol. The standard InChI is InChI=1S/C13H20N2O2/c1-9(2)17-12-6-4-5-11(7-12)13(16)15-10(3)8-14/h4-7,9-10H,8,14H2,1-3H3,(H,15,16). The third kappa shape index (κ3) is 4.44. The van der Waals surface area contributed by atoms with Crippen LogP contribution in [-0.4, -0.2) is 24.6 Å². The Balaban J connectivity index is 2.73. The summed E-state index contributed by atoms with van der Waals surface area (Å²) in [6.07, 6.45) is 0.0938. The lowest BCUT2D eigenvalue weighted by Gasteiger charge is -2.13. The molecule has 0 fully saturated rings. The van der Waals surface area contributed by atoms with Crippen LogP contribution in [0, 0.1) is 0 Å². The Kier molecular flexibility index (Phi) is 4.97. The van der Waals surface area contributed by atoms with Gasteiger partial charge in [-0.1, -0.05) is 6.07 Å². The number of amides is 1. The van der Waals surface area contributed by atoms with Crippen molar-refractivity contribution in [3.8, 4) is 5.75 Å². The summed E-state index contributed by atoms with van der Waals surface area (Å²) in [4.78, 5) is 11.8. The maximum atomic E-state index is 11.8. The molecule has 4 heteroatoms. The van der Waals surface area contributed by atoms with Gasteiger partial charge < -0.3 is 15.8 Å². The first-order valence-electron chi connectivity index (χ1n) is 5.80. The van der Waals surface area contributed by atoms with Crippen molar-refractivity contribution in [1.29, 1.82) is 0 Å². The minimum absolute atomic E-state index is 0.0304. The van der Waals surface area contributed by atoms with Gasteiger partial charge in [0.15, 0.2) is 0 Å². The number of benzene rings is 1. The quantitative estimate of drug-likeness (QED) is 0.815. The maximum Gasteiger partial charge on any atom is 0.251 e. The van der Waals surface area contributed by atoms with Crippen molar-refractivity contribution in [3.63, 3.8) is 0 Å². The zero-order chi connectivity index (χ0) is 12.8. The van der Waals surface area contributed by atoms with Crippen LogP contribution in [0.4, 0.5) is 0 Å². The highest BCUT2D eigenvalue weighted by Gasteiger charge is 2.09. The lowest BCUT2D eigenvalue weighted by Crippen LogP contribution is -2.37. The minimum Gasteiger partial charge on any atom is -0.491 e. The van der Waals surface area contributed by atoms with Gasteiger partial charge >= 0.3 is 0 Å². The molecule has 1 rings (SSSR count). The molecule has 17 heavy (non-hydrogen) atoms. The molecule has 0 bridgehead atoms. The van der Waals surface area contributed by atoms with Crippen LogP contribution < -0.4 is 15.8 Å². The van der Waals surface area contributed by atoms with Crippen molar-refractivity contribution >= 4 is 5.91 Å². The molecule has 0 radical (unpaired) electrons. The maximum absolute atomic E-state index is 11.8. The van der Waals surface area contributed by atoms with E-state index in [2.05, 4.69) is 5.32 Å². The van der Waals surface area contributed by atoms with Crippen LogP contribution in [0.3, 0.4) is 0 Å². The van der Waals surface area contributed by atoms with E-state index in [1.165, 1.54) is 0 Å². The van der Waals surface area contributed by atoms with E-state index in [1.54, 1.807) is 18.2 Å². The lowest BCUT2D eigenvalue weighted by atomic mass is 10.2. The van der Waals surface area contributed by atoms with Gasteiger partial charge in [-0.2, -0.15) is 0 Å². The van der Waals surface area contributed by atoms with Crippen molar-refractivity contribution in [3.05, 3.63) is 29.8 Å². The second-order valence-corrected chi connectivity index (χ2v) is 4.30. The first kappa shape index (κ1) is 13.5. The molecule has 0 spiro atoms. The summed E-state index contributed by atoms with van der Waals surface area (Å²) in [6, 6.07) is 7.10. The molecular weight excluding hydrogens is 216 g/mol. The Hall–Kier alpha value is -1.55. The number of nitrogens with one attached hydrogen (secondary N) is 1. The van der Waals surface area contributed by atoms with E-state index >= 15 is 0 Å². The van der Waals surface area contributed by atoms with E-state index in [-0.39, 0.29) is 18.1 Å². The van der Waals surface area contributed by atoms with Crippen LogP contribution in [0.25, 0.3) is 0 Å². The molecule has 94 valence electrons. The van der Waals surface area contributed by atoms with Gasteiger partial charge in [0.2, 0.25) is 0 Å². The summed E-state index contributed by atoms with van der Waals surface area (Å²) in [6.45, 7) is 6.19. The number of hydrogen-bond acceptors (Lipinski definition) is 3. The van der Waals surface area contributed by atoms with E-state index in [9.17, 15) is 4.79 Å². The van der Waals surface area contributed by atoms with Gasteiger partial charge in [0.1, 0.15) is 5.75 Å². The van der Waals surface area contributed by atoms with Crippen molar-refractivity contribution in [2.45, 2.75) is 32.9 Å². The molecule has 0 saturated carbocycles. The fourth-order valence-electron chi connectivity index (χ4n) is 1.35. The Labute approximate surface area is 102 Å². The van der Waals surface area contributed by atoms with E-state index in [0.717, 1.165) is 0 Å². The van der Waals surface area contributed by atoms with Gasteiger partial charge in [-0.25, -0.2) is 0 Å². The van der Waals surface area contributed by atoms with Crippen LogP contribution in [0.1, 0.15) is 31.1 Å². The smallest absolute Gasteiger partial charge is 0.251 e. The molecule has 1 unspecified atom stereocenters. The van der Waals surface area contributed by atoms with Crippen molar-refractivity contribution in [2.75, 3.05) is 6.54 Å². The van der Waals surface area contributed by atoms with Gasteiger partial charge in [0.05, 0.1) is 6.10 Å². The van der Waals surface area contributed by atoms with Crippen LogP contribution in [0.5, 0.6) is 5.75 Å². The Morgan fingerprint density at radius 3 is 2.71 bits per heavy atom. The fourth-order valence-corrected chi connectivity index (χ4v) is 1.35. The van der Waals surface area contributed by atoms with E-state index in [1.807, 2.05) is 26.8 Å². The van der Waals surface area contributed by atoms with E-state index in [4.69, 9.17) is 10.5 Å². The number of rotatable bonds is 5. The highest BCUT2D eigenvalue weighted by Crippen LogP contribution is 2.14. The summed E-state index contributed by atoms with van der Waals surface area (Å²) < 4.78 is 5.53. The summed E-state index contributed by atoms with van der Waals surface area (Å²) in [5.41, 5.74) is 6.04. The van der Waals surface area contributed by atoms with E-state index in [0.29, 0.717) is 17.9 Å². The molecule has 1 amide bonds. The van der Waals surface area contributed by atoms with Crippen LogP contribution in [0.2, 0.25) is 0 Å². The SMILES string of the molecule is CC(CN)NC(=O)c1cccc(OC(C)C)c1. The van der Waals surface area contributed by atoms with E-state index < -0.39 is 0 Å². The van der Waals surface area contributed by atoms with Crippen LogP contribution in [-0.2, 0) is 0 Å². The normalized spacial score (nSPS) is 12.3. The molecule has 0 aliphatic heterocycles. The summed E-state index contributed by atoms with van der Waals surface area (Å²) >= 11 is 0. The number of carbonyl (C=O) groups is 1. The highest BCUT2D eigenvalue weighted by atomic mass is 16.5. The first-order valence-corrected chi connectivity index (χ1v) is 5.80. The molecule has 0 aromatic heterocycles. The van der Waals surface area contributed by atoms with Gasteiger partial charge in [-0.15, -0.1) is 0 Å². The largest absolute Gasteiger partial charge is 0.491 e. The Morgan fingerprint density at radius 1 is 1.41 bits per heavy atom. The topological polar surface area (TPSA) is 64.3 Å². The lowest BCUT2D eigenvalue weighted by molar-refractivity contribution is 0.0940. The van der Waals surface area contributed by atoms with Crippen LogP contribution >= 0.6 is 0 Å². The second-order valence-electron chi connectivity index (χ2n) is 4.30.